The molecule has 0 bridgehead atoms. The van der Waals surface area contributed by atoms with Crippen molar-refractivity contribution in [2.24, 2.45) is 5.92 Å². The Bertz CT molecular complexity index is 379. The summed E-state index contributed by atoms with van der Waals surface area (Å²) in [6, 6.07) is 0. The minimum absolute atomic E-state index is 0.0348. The molecule has 1 amide bonds. The van der Waals surface area contributed by atoms with Crippen molar-refractivity contribution in [1.82, 2.24) is 10.2 Å². The van der Waals surface area contributed by atoms with Crippen LogP contribution >= 0.6 is 0 Å². The number of aliphatic hydroxyl groups excluding tert-OH is 4. The number of piperidine rings is 1. The van der Waals surface area contributed by atoms with Crippen molar-refractivity contribution in [2.75, 3.05) is 26.8 Å². The molecule has 0 unspecified atom stereocenters. The van der Waals surface area contributed by atoms with Gasteiger partial charge in [-0.15, -0.1) is 0 Å². The number of likely N-dealkylation sites (tertiary alicyclic amines) is 1. The van der Waals surface area contributed by atoms with Gasteiger partial charge in [0.1, 0.15) is 12.3 Å². The van der Waals surface area contributed by atoms with Crippen LogP contribution in [0.15, 0.2) is 0 Å². The van der Waals surface area contributed by atoms with E-state index in [9.17, 15) is 24.9 Å². The highest BCUT2D eigenvalue weighted by Gasteiger charge is 2.46. The first-order valence-corrected chi connectivity index (χ1v) is 6.55. The molecule has 0 aromatic rings. The predicted octanol–water partition coefficient (Wildman–Crippen LogP) is -3.37. The van der Waals surface area contributed by atoms with Crippen LogP contribution in [0.5, 0.6) is 0 Å². The average Bonchev–Trinajstić information content (AvgIpc) is 2.45. The molecule has 1 fully saturated rings. The zero-order valence-electron chi connectivity index (χ0n) is 12.0. The maximum absolute atomic E-state index is 11.6. The molecule has 9 nitrogen and oxygen atoms in total. The number of methoxy groups -OCH3 is 1. The van der Waals surface area contributed by atoms with Crippen LogP contribution in [0.25, 0.3) is 0 Å². The first kappa shape index (κ1) is 17.8. The van der Waals surface area contributed by atoms with E-state index in [0.717, 1.165) is 7.11 Å². The molecule has 0 aromatic heterocycles. The Kier molecular flexibility index (Phi) is 6.49. The summed E-state index contributed by atoms with van der Waals surface area (Å²) in [5.74, 6) is -2.15. The fourth-order valence-corrected chi connectivity index (χ4v) is 2.38. The van der Waals surface area contributed by atoms with Gasteiger partial charge < -0.3 is 30.5 Å². The second-order valence-corrected chi connectivity index (χ2v) is 5.05. The lowest BCUT2D eigenvalue weighted by Gasteiger charge is -2.44. The van der Waals surface area contributed by atoms with Gasteiger partial charge in [0, 0.05) is 20.0 Å². The third-order valence-corrected chi connectivity index (χ3v) is 3.42. The summed E-state index contributed by atoms with van der Waals surface area (Å²) in [5, 5.41) is 41.0. The average molecular weight is 306 g/mol. The van der Waals surface area contributed by atoms with Gasteiger partial charge in [-0.1, -0.05) is 0 Å². The van der Waals surface area contributed by atoms with Gasteiger partial charge in [-0.3, -0.25) is 14.5 Å². The molecule has 0 spiro atoms. The van der Waals surface area contributed by atoms with Crippen LogP contribution in [-0.2, 0) is 14.3 Å². The maximum Gasteiger partial charge on any atom is 0.312 e. The van der Waals surface area contributed by atoms with Crippen molar-refractivity contribution in [2.45, 2.75) is 31.4 Å². The lowest BCUT2D eigenvalue weighted by Crippen LogP contribution is -2.67. The molecule has 0 radical (unpaired) electrons. The van der Waals surface area contributed by atoms with Gasteiger partial charge in [0.2, 0.25) is 5.91 Å². The van der Waals surface area contributed by atoms with E-state index < -0.39 is 48.9 Å². The molecule has 0 saturated carbocycles. The highest BCUT2D eigenvalue weighted by atomic mass is 16.5. The Morgan fingerprint density at radius 2 is 2.00 bits per heavy atom. The Morgan fingerprint density at radius 1 is 1.38 bits per heavy atom. The van der Waals surface area contributed by atoms with Crippen LogP contribution in [0.3, 0.4) is 0 Å². The van der Waals surface area contributed by atoms with E-state index in [1.807, 2.05) is 0 Å². The molecule has 0 aromatic carbocycles. The summed E-state index contributed by atoms with van der Waals surface area (Å²) in [6.45, 7) is 0.614. The maximum atomic E-state index is 11.6. The van der Waals surface area contributed by atoms with E-state index in [1.165, 1.54) is 11.8 Å². The van der Waals surface area contributed by atoms with Crippen molar-refractivity contribution in [3.05, 3.63) is 0 Å². The molecule has 1 aliphatic rings. The van der Waals surface area contributed by atoms with E-state index >= 15 is 0 Å². The number of hydrogen-bond acceptors (Lipinski definition) is 8. The van der Waals surface area contributed by atoms with E-state index in [2.05, 4.69) is 10.1 Å². The van der Waals surface area contributed by atoms with Crippen LogP contribution in [0.2, 0.25) is 0 Å². The second kappa shape index (κ2) is 7.66. The number of carbonyl (C=O) groups is 2. The Morgan fingerprint density at radius 3 is 2.48 bits per heavy atom. The van der Waals surface area contributed by atoms with E-state index in [-0.39, 0.29) is 13.1 Å². The highest BCUT2D eigenvalue weighted by Crippen LogP contribution is 2.23. The van der Waals surface area contributed by atoms with Gasteiger partial charge in [0.15, 0.2) is 0 Å². The number of amides is 1. The third kappa shape index (κ3) is 4.35. The number of esters is 1. The third-order valence-electron chi connectivity index (χ3n) is 3.42. The largest absolute Gasteiger partial charge is 0.469 e. The minimum Gasteiger partial charge on any atom is -0.469 e. The summed E-state index contributed by atoms with van der Waals surface area (Å²) in [4.78, 5) is 24.3. The Hall–Kier alpha value is -1.26. The summed E-state index contributed by atoms with van der Waals surface area (Å²) < 4.78 is 4.57. The number of nitrogens with zero attached hydrogens (tertiary/aromatic N) is 1. The number of rotatable bonds is 5. The SMILES string of the molecule is COC(=O)[C@H]1CN(C[C@@H](O)CO)[C@H](NC(C)=O)[C@@H](O)[C@H]1O. The van der Waals surface area contributed by atoms with Crippen LogP contribution in [0.1, 0.15) is 6.92 Å². The summed E-state index contributed by atoms with van der Waals surface area (Å²) in [5.41, 5.74) is 0. The highest BCUT2D eigenvalue weighted by molar-refractivity contribution is 5.74. The molecule has 1 rings (SSSR count). The van der Waals surface area contributed by atoms with Gasteiger partial charge in [-0.2, -0.15) is 0 Å². The van der Waals surface area contributed by atoms with Gasteiger partial charge in [0.25, 0.3) is 0 Å². The van der Waals surface area contributed by atoms with Gasteiger partial charge in [-0.25, -0.2) is 0 Å². The Balaban J connectivity index is 2.94. The van der Waals surface area contributed by atoms with Crippen LogP contribution in [0.4, 0.5) is 0 Å². The Labute approximate surface area is 122 Å². The smallest absolute Gasteiger partial charge is 0.312 e. The van der Waals surface area contributed by atoms with Crippen molar-refractivity contribution in [3.63, 3.8) is 0 Å². The summed E-state index contributed by atoms with van der Waals surface area (Å²) in [6.07, 6.45) is -4.92. The molecular weight excluding hydrogens is 284 g/mol. The van der Waals surface area contributed by atoms with E-state index in [1.54, 1.807) is 0 Å². The number of hydrogen-bond donors (Lipinski definition) is 5. The summed E-state index contributed by atoms with van der Waals surface area (Å²) >= 11 is 0. The monoisotopic (exact) mass is 306 g/mol. The van der Waals surface area contributed by atoms with E-state index in [4.69, 9.17) is 5.11 Å². The topological polar surface area (TPSA) is 140 Å². The number of ether oxygens (including phenoxy) is 1. The fourth-order valence-electron chi connectivity index (χ4n) is 2.38. The van der Waals surface area contributed by atoms with Crippen LogP contribution in [0, 0.1) is 5.92 Å². The first-order valence-electron chi connectivity index (χ1n) is 6.55. The first-order chi connectivity index (χ1) is 9.81. The molecule has 0 aliphatic carbocycles. The van der Waals surface area contributed by atoms with Crippen molar-refractivity contribution < 1.29 is 34.8 Å². The molecule has 1 saturated heterocycles. The predicted molar refractivity (Wildman–Crippen MR) is 69.8 cm³/mol. The second-order valence-electron chi connectivity index (χ2n) is 5.05. The lowest BCUT2D eigenvalue weighted by atomic mass is 9.90. The lowest BCUT2D eigenvalue weighted by molar-refractivity contribution is -0.169. The van der Waals surface area contributed by atoms with Crippen LogP contribution < -0.4 is 5.32 Å². The number of aliphatic hydroxyl groups is 4. The number of β-amino-alcohol motifs (C(OH)–C–C–N with tert-alkyl or cyclic N) is 1. The normalized spacial score (nSPS) is 31.5. The van der Waals surface area contributed by atoms with Crippen LogP contribution in [-0.4, -0.2) is 88.5 Å². The fraction of sp³-hybridized carbons (Fsp3) is 0.833. The number of nitrogens with one attached hydrogen (secondary N) is 1. The molecular formula is C12H22N2O7. The molecule has 5 atom stereocenters. The van der Waals surface area contributed by atoms with Gasteiger partial charge in [-0.05, 0) is 0 Å². The quantitative estimate of drug-likeness (QED) is 0.332. The van der Waals surface area contributed by atoms with Crippen molar-refractivity contribution in [1.29, 1.82) is 0 Å². The minimum atomic E-state index is -1.43. The zero-order chi connectivity index (χ0) is 16.2. The molecule has 9 heteroatoms. The van der Waals surface area contributed by atoms with Gasteiger partial charge in [0.05, 0.1) is 31.8 Å². The molecule has 5 N–H and O–H groups in total. The summed E-state index contributed by atoms with van der Waals surface area (Å²) in [7, 11) is 1.16. The molecule has 21 heavy (non-hydrogen) atoms. The number of carbonyl (C=O) groups excluding carboxylic acids is 2. The zero-order valence-corrected chi connectivity index (χ0v) is 12.0. The molecule has 122 valence electrons. The molecule has 1 aliphatic heterocycles. The molecule has 1 heterocycles. The van der Waals surface area contributed by atoms with Crippen molar-refractivity contribution >= 4 is 11.9 Å². The van der Waals surface area contributed by atoms with E-state index in [0.29, 0.717) is 0 Å². The standard InChI is InChI=1S/C12H22N2O7/c1-6(16)13-11-10(19)9(18)8(12(20)21-2)4-14(11)3-7(17)5-15/h7-11,15,17-19H,3-5H2,1-2H3,(H,13,16)/t7-,8+,9+,10+,11+/m1/s1. The van der Waals surface area contributed by atoms with Gasteiger partial charge >= 0.3 is 5.97 Å². The van der Waals surface area contributed by atoms with Crippen molar-refractivity contribution in [3.8, 4) is 0 Å².